The summed E-state index contributed by atoms with van der Waals surface area (Å²) in [5.41, 5.74) is 2.17. The number of nitrogens with zero attached hydrogens (tertiary/aromatic N) is 2. The van der Waals surface area contributed by atoms with Crippen molar-refractivity contribution < 1.29 is 4.79 Å². The smallest absolute Gasteiger partial charge is 0.226 e. The van der Waals surface area contributed by atoms with E-state index < -0.39 is 0 Å². The quantitative estimate of drug-likeness (QED) is 0.840. The first kappa shape index (κ1) is 14.3. The molecule has 1 fully saturated rings. The van der Waals surface area contributed by atoms with E-state index in [0.29, 0.717) is 19.0 Å². The lowest BCUT2D eigenvalue weighted by atomic mass is 10.1. The molecule has 2 aromatic heterocycles. The summed E-state index contributed by atoms with van der Waals surface area (Å²) in [4.78, 5) is 19.1. The zero-order valence-corrected chi connectivity index (χ0v) is 12.9. The summed E-state index contributed by atoms with van der Waals surface area (Å²) >= 11 is 1.68. The fourth-order valence-electron chi connectivity index (χ4n) is 2.93. The van der Waals surface area contributed by atoms with E-state index in [1.165, 1.54) is 18.4 Å². The third kappa shape index (κ3) is 3.70. The molecule has 0 bridgehead atoms. The third-order valence-electron chi connectivity index (χ3n) is 4.05. The maximum Gasteiger partial charge on any atom is 0.226 e. The Hall–Kier alpha value is -1.68. The van der Waals surface area contributed by atoms with Crippen LogP contribution in [-0.2, 0) is 17.9 Å². The molecule has 0 aliphatic heterocycles. The van der Waals surface area contributed by atoms with Crippen LogP contribution in [0, 0.1) is 5.92 Å². The summed E-state index contributed by atoms with van der Waals surface area (Å²) in [5, 5.41) is 4.18. The highest BCUT2D eigenvalue weighted by Gasteiger charge is 2.27. The minimum absolute atomic E-state index is 0.215. The van der Waals surface area contributed by atoms with Crippen molar-refractivity contribution in [3.63, 3.8) is 0 Å². The molecule has 21 heavy (non-hydrogen) atoms. The third-order valence-corrected chi connectivity index (χ3v) is 4.78. The zero-order chi connectivity index (χ0) is 14.5. The number of rotatable bonds is 5. The molecule has 0 spiro atoms. The van der Waals surface area contributed by atoms with Gasteiger partial charge in [-0.3, -0.25) is 9.78 Å². The van der Waals surface area contributed by atoms with Gasteiger partial charge < -0.3 is 4.90 Å². The van der Waals surface area contributed by atoms with Gasteiger partial charge in [0, 0.05) is 18.7 Å². The Balaban J connectivity index is 1.74. The maximum atomic E-state index is 12.8. The van der Waals surface area contributed by atoms with Crippen LogP contribution in [0.3, 0.4) is 0 Å². The van der Waals surface area contributed by atoms with Gasteiger partial charge in [0.05, 0.1) is 12.2 Å². The second-order valence-electron chi connectivity index (χ2n) is 5.63. The summed E-state index contributed by atoms with van der Waals surface area (Å²) in [6.45, 7) is 1.29. The van der Waals surface area contributed by atoms with Gasteiger partial charge in [0.2, 0.25) is 5.91 Å². The molecule has 110 valence electrons. The van der Waals surface area contributed by atoms with Crippen LogP contribution >= 0.6 is 11.3 Å². The van der Waals surface area contributed by atoms with Gasteiger partial charge in [0.15, 0.2) is 0 Å². The van der Waals surface area contributed by atoms with Crippen LogP contribution in [-0.4, -0.2) is 15.8 Å². The van der Waals surface area contributed by atoms with Gasteiger partial charge in [-0.1, -0.05) is 18.9 Å². The van der Waals surface area contributed by atoms with Crippen LogP contribution in [0.15, 0.2) is 41.2 Å². The lowest BCUT2D eigenvalue weighted by molar-refractivity contribution is -0.136. The molecule has 0 unspecified atom stereocenters. The van der Waals surface area contributed by atoms with Gasteiger partial charge in [-0.2, -0.15) is 11.3 Å². The van der Waals surface area contributed by atoms with Crippen molar-refractivity contribution in [3.8, 4) is 0 Å². The van der Waals surface area contributed by atoms with E-state index in [4.69, 9.17) is 0 Å². The Morgan fingerprint density at radius 2 is 2.10 bits per heavy atom. The van der Waals surface area contributed by atoms with Gasteiger partial charge in [-0.25, -0.2) is 0 Å². The average molecular weight is 300 g/mol. The molecule has 4 heteroatoms. The Kier molecular flexibility index (Phi) is 4.65. The Morgan fingerprint density at radius 1 is 1.24 bits per heavy atom. The highest BCUT2D eigenvalue weighted by atomic mass is 32.1. The van der Waals surface area contributed by atoms with Crippen LogP contribution in [0.2, 0.25) is 0 Å². The first-order chi connectivity index (χ1) is 10.3. The fourth-order valence-corrected chi connectivity index (χ4v) is 3.59. The molecule has 2 heterocycles. The molecule has 0 saturated heterocycles. The monoisotopic (exact) mass is 300 g/mol. The number of aromatic nitrogens is 1. The number of amides is 1. The van der Waals surface area contributed by atoms with E-state index >= 15 is 0 Å². The Morgan fingerprint density at radius 3 is 2.76 bits per heavy atom. The largest absolute Gasteiger partial charge is 0.332 e. The van der Waals surface area contributed by atoms with Crippen molar-refractivity contribution in [2.75, 3.05) is 0 Å². The number of thiophene rings is 1. The molecule has 0 atom stereocenters. The summed E-state index contributed by atoms with van der Waals surface area (Å²) < 4.78 is 0. The highest BCUT2D eigenvalue weighted by Crippen LogP contribution is 2.27. The summed E-state index contributed by atoms with van der Waals surface area (Å²) in [6, 6.07) is 7.97. The normalized spacial score (nSPS) is 15.2. The van der Waals surface area contributed by atoms with Crippen molar-refractivity contribution in [1.29, 1.82) is 0 Å². The number of hydrogen-bond donors (Lipinski definition) is 0. The van der Waals surface area contributed by atoms with Gasteiger partial charge in [0.1, 0.15) is 0 Å². The van der Waals surface area contributed by atoms with Crippen LogP contribution < -0.4 is 0 Å². The molecule has 0 aromatic carbocycles. The molecule has 3 rings (SSSR count). The van der Waals surface area contributed by atoms with Gasteiger partial charge in [-0.05, 0) is 47.4 Å². The lowest BCUT2D eigenvalue weighted by Gasteiger charge is -2.25. The first-order valence-corrected chi connectivity index (χ1v) is 8.47. The van der Waals surface area contributed by atoms with Gasteiger partial charge in [0.25, 0.3) is 0 Å². The van der Waals surface area contributed by atoms with E-state index in [2.05, 4.69) is 21.8 Å². The van der Waals surface area contributed by atoms with E-state index in [1.54, 1.807) is 17.5 Å². The molecule has 2 aromatic rings. The Labute approximate surface area is 129 Å². The van der Waals surface area contributed by atoms with Gasteiger partial charge in [-0.15, -0.1) is 0 Å². The zero-order valence-electron chi connectivity index (χ0n) is 12.1. The summed E-state index contributed by atoms with van der Waals surface area (Å²) in [5.74, 6) is 0.511. The standard InChI is InChI=1S/C17H20N2OS/c20-17(15-5-1-2-6-15)19(11-14-8-10-21-13-14)12-16-7-3-4-9-18-16/h3-4,7-10,13,15H,1-2,5-6,11-12H2. The molecule has 1 saturated carbocycles. The molecule has 0 N–H and O–H groups in total. The van der Waals surface area contributed by atoms with Crippen LogP contribution in [0.5, 0.6) is 0 Å². The second kappa shape index (κ2) is 6.85. The van der Waals surface area contributed by atoms with Crippen molar-refractivity contribution in [3.05, 3.63) is 52.5 Å². The number of carbonyl (C=O) groups excluding carboxylic acids is 1. The second-order valence-corrected chi connectivity index (χ2v) is 6.41. The predicted octanol–water partition coefficient (Wildman–Crippen LogP) is 3.86. The molecule has 1 aliphatic rings. The van der Waals surface area contributed by atoms with Crippen molar-refractivity contribution in [1.82, 2.24) is 9.88 Å². The first-order valence-electron chi connectivity index (χ1n) is 7.53. The predicted molar refractivity (Wildman–Crippen MR) is 84.8 cm³/mol. The minimum Gasteiger partial charge on any atom is -0.332 e. The highest BCUT2D eigenvalue weighted by molar-refractivity contribution is 7.07. The molecular formula is C17H20N2OS. The van der Waals surface area contributed by atoms with Crippen LogP contribution in [0.4, 0.5) is 0 Å². The molecule has 3 nitrogen and oxygen atoms in total. The Bertz CT molecular complexity index is 562. The van der Waals surface area contributed by atoms with Crippen molar-refractivity contribution >= 4 is 17.2 Å². The molecule has 1 aliphatic carbocycles. The van der Waals surface area contributed by atoms with Crippen molar-refractivity contribution in [2.45, 2.75) is 38.8 Å². The topological polar surface area (TPSA) is 33.2 Å². The summed E-state index contributed by atoms with van der Waals surface area (Å²) in [7, 11) is 0. The molecule has 1 amide bonds. The SMILES string of the molecule is O=C(C1CCCC1)N(Cc1ccsc1)Cc1ccccn1. The van der Waals surface area contributed by atoms with Crippen LogP contribution in [0.1, 0.15) is 36.9 Å². The summed E-state index contributed by atoms with van der Waals surface area (Å²) in [6.07, 6.45) is 6.25. The average Bonchev–Trinajstić information content (AvgIpc) is 3.20. The number of hydrogen-bond acceptors (Lipinski definition) is 3. The fraction of sp³-hybridized carbons (Fsp3) is 0.412. The van der Waals surface area contributed by atoms with E-state index in [1.807, 2.05) is 23.1 Å². The number of pyridine rings is 1. The van der Waals surface area contributed by atoms with Gasteiger partial charge >= 0.3 is 0 Å². The number of carbonyl (C=O) groups is 1. The van der Waals surface area contributed by atoms with Crippen molar-refractivity contribution in [2.24, 2.45) is 5.92 Å². The minimum atomic E-state index is 0.215. The maximum absolute atomic E-state index is 12.8. The molecule has 0 radical (unpaired) electrons. The molecular weight excluding hydrogens is 280 g/mol. The van der Waals surface area contributed by atoms with E-state index in [9.17, 15) is 4.79 Å². The van der Waals surface area contributed by atoms with E-state index in [-0.39, 0.29) is 5.92 Å². The van der Waals surface area contributed by atoms with Crippen LogP contribution in [0.25, 0.3) is 0 Å². The lowest BCUT2D eigenvalue weighted by Crippen LogP contribution is -2.34. The van der Waals surface area contributed by atoms with E-state index in [0.717, 1.165) is 18.5 Å².